The Kier molecular flexibility index (Phi) is 2.29. The molecule has 2 heterocycles. The van der Waals surface area contributed by atoms with E-state index in [1.165, 1.54) is 27.9 Å². The van der Waals surface area contributed by atoms with Gasteiger partial charge in [0.25, 0.3) is 0 Å². The fourth-order valence-corrected chi connectivity index (χ4v) is 3.57. The van der Waals surface area contributed by atoms with Gasteiger partial charge in [-0.3, -0.25) is 0 Å². The van der Waals surface area contributed by atoms with Crippen LogP contribution in [0, 0.1) is 19.1 Å². The van der Waals surface area contributed by atoms with Crippen molar-refractivity contribution in [2.75, 3.05) is 11.6 Å². The lowest BCUT2D eigenvalue weighted by atomic mass is 9.98. The van der Waals surface area contributed by atoms with Gasteiger partial charge in [-0.15, -0.1) is 0 Å². The van der Waals surface area contributed by atoms with Crippen molar-refractivity contribution >= 4 is 11.4 Å². The van der Waals surface area contributed by atoms with E-state index in [2.05, 4.69) is 49.1 Å². The van der Waals surface area contributed by atoms with E-state index < -0.39 is 0 Å². The highest BCUT2D eigenvalue weighted by molar-refractivity contribution is 5.66. The van der Waals surface area contributed by atoms with Gasteiger partial charge in [0, 0.05) is 17.2 Å². The van der Waals surface area contributed by atoms with Gasteiger partial charge >= 0.3 is 0 Å². The lowest BCUT2D eigenvalue weighted by molar-refractivity contribution is 0.323. The van der Waals surface area contributed by atoms with Crippen LogP contribution < -0.4 is 9.55 Å². The van der Waals surface area contributed by atoms with Crippen molar-refractivity contribution in [2.24, 2.45) is 0 Å². The van der Waals surface area contributed by atoms with Gasteiger partial charge in [0.05, 0.1) is 12.2 Å². The Labute approximate surface area is 119 Å². The van der Waals surface area contributed by atoms with Gasteiger partial charge < -0.3 is 14.8 Å². The molecule has 0 aliphatic carbocycles. The zero-order valence-corrected chi connectivity index (χ0v) is 11.9. The second kappa shape index (κ2) is 3.84. The smallest absolute Gasteiger partial charge is 0.159 e. The maximum atomic E-state index is 13.3. The third-order valence-electron chi connectivity index (χ3n) is 4.44. The van der Waals surface area contributed by atoms with Crippen LogP contribution in [0.3, 0.4) is 0 Å². The SMILES string of the molecule is Cc1ccc2c(c1)C[N+]1([O-])CN2Cc2cc(C)ccc21. The van der Waals surface area contributed by atoms with Crippen LogP contribution in [0.4, 0.5) is 11.4 Å². The topological polar surface area (TPSA) is 26.3 Å². The summed E-state index contributed by atoms with van der Waals surface area (Å²) in [5, 5.41) is 13.3. The third-order valence-corrected chi connectivity index (χ3v) is 4.44. The molecule has 0 radical (unpaired) electrons. The first-order valence-corrected chi connectivity index (χ1v) is 7.08. The van der Waals surface area contributed by atoms with Gasteiger partial charge in [-0.25, -0.2) is 0 Å². The Morgan fingerprint density at radius 3 is 2.50 bits per heavy atom. The predicted molar refractivity (Wildman–Crippen MR) is 82.3 cm³/mol. The number of aryl methyl sites for hydroxylation is 2. The highest BCUT2D eigenvalue weighted by Gasteiger charge is 2.38. The molecule has 2 aromatic rings. The molecule has 0 saturated heterocycles. The monoisotopic (exact) mass is 266 g/mol. The second-order valence-corrected chi connectivity index (χ2v) is 6.15. The van der Waals surface area contributed by atoms with E-state index in [1.807, 2.05) is 6.07 Å². The summed E-state index contributed by atoms with van der Waals surface area (Å²) >= 11 is 0. The molecule has 102 valence electrons. The predicted octanol–water partition coefficient (Wildman–Crippen LogP) is 3.60. The molecule has 0 aromatic heterocycles. The first-order chi connectivity index (χ1) is 9.55. The molecule has 3 heteroatoms. The Hall–Kier alpha value is -1.84. The van der Waals surface area contributed by atoms with Crippen LogP contribution in [0.1, 0.15) is 22.3 Å². The van der Waals surface area contributed by atoms with Gasteiger partial charge in [0.2, 0.25) is 0 Å². The molecule has 4 rings (SSSR count). The molecule has 2 aliphatic rings. The van der Waals surface area contributed by atoms with E-state index in [1.54, 1.807) is 0 Å². The number of nitrogens with zero attached hydrogens (tertiary/aromatic N) is 2. The molecule has 0 spiro atoms. The first-order valence-electron chi connectivity index (χ1n) is 7.08. The fraction of sp³-hybridized carbons (Fsp3) is 0.294. The average Bonchev–Trinajstić information content (AvgIpc) is 2.37. The molecular formula is C17H18N2O. The summed E-state index contributed by atoms with van der Waals surface area (Å²) in [6.07, 6.45) is 0. The summed E-state index contributed by atoms with van der Waals surface area (Å²) in [7, 11) is 0. The molecule has 1 atom stereocenters. The summed E-state index contributed by atoms with van der Waals surface area (Å²) < 4.78 is -0.244. The van der Waals surface area contributed by atoms with Crippen molar-refractivity contribution in [3.8, 4) is 0 Å². The van der Waals surface area contributed by atoms with Gasteiger partial charge in [0.15, 0.2) is 6.67 Å². The third kappa shape index (κ3) is 1.60. The van der Waals surface area contributed by atoms with Crippen molar-refractivity contribution < 1.29 is 0 Å². The molecule has 2 aliphatic heterocycles. The van der Waals surface area contributed by atoms with E-state index in [-0.39, 0.29) is 4.65 Å². The minimum absolute atomic E-state index is 0.244. The van der Waals surface area contributed by atoms with Crippen LogP contribution in [0.25, 0.3) is 0 Å². The second-order valence-electron chi connectivity index (χ2n) is 6.15. The van der Waals surface area contributed by atoms with Gasteiger partial charge in [0.1, 0.15) is 12.2 Å². The molecule has 0 saturated carbocycles. The highest BCUT2D eigenvalue weighted by Crippen LogP contribution is 2.42. The number of anilines is 1. The molecule has 1 unspecified atom stereocenters. The summed E-state index contributed by atoms with van der Waals surface area (Å²) in [6.45, 7) is 6.09. The summed E-state index contributed by atoms with van der Waals surface area (Å²) in [4.78, 5) is 2.23. The fourth-order valence-electron chi connectivity index (χ4n) is 3.57. The van der Waals surface area contributed by atoms with Crippen LogP contribution in [0.2, 0.25) is 0 Å². The van der Waals surface area contributed by atoms with E-state index >= 15 is 0 Å². The van der Waals surface area contributed by atoms with E-state index in [0.717, 1.165) is 12.2 Å². The van der Waals surface area contributed by atoms with Crippen molar-refractivity contribution in [3.63, 3.8) is 0 Å². The molecule has 0 N–H and O–H groups in total. The molecule has 0 fully saturated rings. The quantitative estimate of drug-likeness (QED) is 0.538. The number of quaternary nitrogens is 1. The van der Waals surface area contributed by atoms with Crippen LogP contribution in [-0.2, 0) is 13.1 Å². The lowest BCUT2D eigenvalue weighted by Crippen LogP contribution is -2.57. The number of hydroxylamine groups is 2. The maximum Gasteiger partial charge on any atom is 0.159 e. The number of rotatable bonds is 0. The maximum absolute atomic E-state index is 13.3. The van der Waals surface area contributed by atoms with Crippen molar-refractivity contribution in [1.29, 1.82) is 0 Å². The number of hydrogen-bond acceptors (Lipinski definition) is 2. The number of fused-ring (bicyclic) bond motifs is 6. The van der Waals surface area contributed by atoms with E-state index in [9.17, 15) is 5.21 Å². The first kappa shape index (κ1) is 11.9. The highest BCUT2D eigenvalue weighted by atomic mass is 16.5. The lowest BCUT2D eigenvalue weighted by Gasteiger charge is -2.53. The van der Waals surface area contributed by atoms with Crippen LogP contribution >= 0.6 is 0 Å². The Morgan fingerprint density at radius 2 is 1.70 bits per heavy atom. The van der Waals surface area contributed by atoms with Crippen molar-refractivity contribution in [3.05, 3.63) is 63.9 Å². The summed E-state index contributed by atoms with van der Waals surface area (Å²) in [5.41, 5.74) is 6.98. The number of benzene rings is 2. The minimum Gasteiger partial charge on any atom is -0.626 e. The zero-order valence-electron chi connectivity index (χ0n) is 11.9. The molecule has 20 heavy (non-hydrogen) atoms. The van der Waals surface area contributed by atoms with Crippen molar-refractivity contribution in [2.45, 2.75) is 26.9 Å². The molecular weight excluding hydrogens is 248 g/mol. The van der Waals surface area contributed by atoms with Crippen LogP contribution in [0.15, 0.2) is 36.4 Å². The Balaban J connectivity index is 1.90. The molecule has 0 amide bonds. The zero-order chi connectivity index (χ0) is 13.9. The van der Waals surface area contributed by atoms with Gasteiger partial charge in [-0.2, -0.15) is 0 Å². The Morgan fingerprint density at radius 1 is 1.00 bits per heavy atom. The molecule has 3 nitrogen and oxygen atoms in total. The average molecular weight is 266 g/mol. The van der Waals surface area contributed by atoms with E-state index in [0.29, 0.717) is 13.2 Å². The van der Waals surface area contributed by atoms with Gasteiger partial charge in [-0.1, -0.05) is 23.3 Å². The standard InChI is InChI=1S/C17H18N2O/c1-12-3-5-16-15(8-12)10-19(20)11-18(16)9-14-7-13(2)4-6-17(14)19/h3-8H,9-11H2,1-2H3. The summed E-state index contributed by atoms with van der Waals surface area (Å²) in [6, 6.07) is 12.7. The minimum atomic E-state index is -0.244. The molecule has 2 aromatic carbocycles. The molecule has 2 bridgehead atoms. The van der Waals surface area contributed by atoms with E-state index in [4.69, 9.17) is 0 Å². The Bertz CT molecular complexity index is 710. The van der Waals surface area contributed by atoms with Crippen LogP contribution in [-0.4, -0.2) is 6.67 Å². The van der Waals surface area contributed by atoms with Gasteiger partial charge in [-0.05, 0) is 32.0 Å². The van der Waals surface area contributed by atoms with Crippen molar-refractivity contribution in [1.82, 2.24) is 4.65 Å². The normalized spacial score (nSPS) is 23.2. The van der Waals surface area contributed by atoms with Crippen LogP contribution in [0.5, 0.6) is 0 Å². The number of hydrogen-bond donors (Lipinski definition) is 0. The summed E-state index contributed by atoms with van der Waals surface area (Å²) in [5.74, 6) is 0. The largest absolute Gasteiger partial charge is 0.626 e.